The minimum Gasteiger partial charge on any atom is -0.356 e. The van der Waals surface area contributed by atoms with Crippen LogP contribution in [0.15, 0.2) is 12.7 Å². The Labute approximate surface area is 66.5 Å². The van der Waals surface area contributed by atoms with Crippen LogP contribution in [0.4, 0.5) is 0 Å². The molecule has 0 saturated carbocycles. The molecule has 0 aliphatic carbocycles. The van der Waals surface area contributed by atoms with Crippen molar-refractivity contribution in [2.45, 2.75) is 19.8 Å². The van der Waals surface area contributed by atoms with Crippen LogP contribution in [0.3, 0.4) is 0 Å². The van der Waals surface area contributed by atoms with Crippen LogP contribution in [0.25, 0.3) is 0 Å². The largest absolute Gasteiger partial charge is 0.356 e. The standard InChI is InChI=1S/C8H13NO2/c1-3-7(10)5-6-8(11)9-4-2/h3H,1,4-6H2,2H3,(H,9,11). The van der Waals surface area contributed by atoms with Crippen LogP contribution in [-0.2, 0) is 9.59 Å². The highest BCUT2D eigenvalue weighted by molar-refractivity contribution is 5.92. The minimum absolute atomic E-state index is 0.0808. The predicted molar refractivity (Wildman–Crippen MR) is 43.1 cm³/mol. The minimum atomic E-state index is -0.0868. The maximum Gasteiger partial charge on any atom is 0.220 e. The van der Waals surface area contributed by atoms with Crippen molar-refractivity contribution in [2.24, 2.45) is 0 Å². The molecule has 1 N–H and O–H groups in total. The first-order valence-electron chi connectivity index (χ1n) is 3.62. The molecule has 1 amide bonds. The first-order chi connectivity index (χ1) is 5.20. The molecular formula is C8H13NO2. The van der Waals surface area contributed by atoms with Crippen molar-refractivity contribution in [1.29, 1.82) is 0 Å². The van der Waals surface area contributed by atoms with E-state index in [2.05, 4.69) is 11.9 Å². The zero-order valence-electron chi connectivity index (χ0n) is 6.72. The second-order valence-corrected chi connectivity index (χ2v) is 2.12. The van der Waals surface area contributed by atoms with Crippen LogP contribution < -0.4 is 5.32 Å². The fourth-order valence-corrected chi connectivity index (χ4v) is 0.624. The van der Waals surface area contributed by atoms with Crippen LogP contribution >= 0.6 is 0 Å². The van der Waals surface area contributed by atoms with E-state index in [4.69, 9.17) is 0 Å². The third kappa shape index (κ3) is 5.33. The highest BCUT2D eigenvalue weighted by Gasteiger charge is 2.01. The van der Waals surface area contributed by atoms with E-state index in [0.29, 0.717) is 6.54 Å². The topological polar surface area (TPSA) is 46.2 Å². The van der Waals surface area contributed by atoms with Crippen molar-refractivity contribution in [1.82, 2.24) is 5.32 Å². The predicted octanol–water partition coefficient (Wildman–Crippen LogP) is 0.658. The van der Waals surface area contributed by atoms with Crippen molar-refractivity contribution < 1.29 is 9.59 Å². The Bertz CT molecular complexity index is 163. The van der Waals surface area contributed by atoms with Gasteiger partial charge in [0.1, 0.15) is 0 Å². The van der Waals surface area contributed by atoms with Crippen molar-refractivity contribution in [3.8, 4) is 0 Å². The Balaban J connectivity index is 3.45. The first kappa shape index (κ1) is 9.88. The van der Waals surface area contributed by atoms with Crippen LogP contribution in [0.1, 0.15) is 19.8 Å². The second kappa shape index (κ2) is 5.65. The fourth-order valence-electron chi connectivity index (χ4n) is 0.624. The van der Waals surface area contributed by atoms with Gasteiger partial charge in [-0.15, -0.1) is 0 Å². The van der Waals surface area contributed by atoms with E-state index in [-0.39, 0.29) is 24.5 Å². The summed E-state index contributed by atoms with van der Waals surface area (Å²) in [7, 11) is 0. The van der Waals surface area contributed by atoms with Gasteiger partial charge in [-0.1, -0.05) is 6.58 Å². The van der Waals surface area contributed by atoms with Crippen molar-refractivity contribution >= 4 is 11.7 Å². The van der Waals surface area contributed by atoms with Gasteiger partial charge in [0.05, 0.1) is 0 Å². The zero-order valence-corrected chi connectivity index (χ0v) is 6.72. The van der Waals surface area contributed by atoms with E-state index in [0.717, 1.165) is 0 Å². The molecule has 0 aromatic rings. The third-order valence-electron chi connectivity index (χ3n) is 1.20. The van der Waals surface area contributed by atoms with Crippen LogP contribution in [0, 0.1) is 0 Å². The lowest BCUT2D eigenvalue weighted by Gasteiger charge is -1.98. The number of hydrogen-bond acceptors (Lipinski definition) is 2. The number of ketones is 1. The number of rotatable bonds is 5. The molecule has 0 aromatic heterocycles. The van der Waals surface area contributed by atoms with Gasteiger partial charge in [-0.2, -0.15) is 0 Å². The van der Waals surface area contributed by atoms with E-state index < -0.39 is 0 Å². The number of allylic oxidation sites excluding steroid dienone is 1. The van der Waals surface area contributed by atoms with Crippen LogP contribution in [0.5, 0.6) is 0 Å². The Kier molecular flexibility index (Phi) is 5.07. The SMILES string of the molecule is C=CC(=O)CCC(=O)NCC. The number of hydrogen-bond donors (Lipinski definition) is 1. The molecule has 0 spiro atoms. The van der Waals surface area contributed by atoms with Gasteiger partial charge in [0.15, 0.2) is 5.78 Å². The highest BCUT2D eigenvalue weighted by atomic mass is 16.2. The molecule has 0 saturated heterocycles. The first-order valence-corrected chi connectivity index (χ1v) is 3.62. The maximum atomic E-state index is 10.8. The van der Waals surface area contributed by atoms with Gasteiger partial charge in [0.25, 0.3) is 0 Å². The lowest BCUT2D eigenvalue weighted by atomic mass is 10.2. The van der Waals surface area contributed by atoms with Crippen LogP contribution in [-0.4, -0.2) is 18.2 Å². The Morgan fingerprint density at radius 3 is 2.55 bits per heavy atom. The summed E-state index contributed by atoms with van der Waals surface area (Å²) in [4.78, 5) is 21.4. The number of carbonyl (C=O) groups excluding carboxylic acids is 2. The summed E-state index contributed by atoms with van der Waals surface area (Å²) >= 11 is 0. The Morgan fingerprint density at radius 2 is 2.09 bits per heavy atom. The zero-order chi connectivity index (χ0) is 8.69. The molecule has 0 rings (SSSR count). The van der Waals surface area contributed by atoms with E-state index in [1.807, 2.05) is 6.92 Å². The summed E-state index contributed by atoms with van der Waals surface area (Å²) in [6, 6.07) is 0. The molecule has 0 aromatic carbocycles. The molecule has 11 heavy (non-hydrogen) atoms. The second-order valence-electron chi connectivity index (χ2n) is 2.12. The smallest absolute Gasteiger partial charge is 0.220 e. The van der Waals surface area contributed by atoms with E-state index >= 15 is 0 Å². The normalized spacial score (nSPS) is 8.82. The van der Waals surface area contributed by atoms with Gasteiger partial charge in [-0.25, -0.2) is 0 Å². The molecule has 62 valence electrons. The summed E-state index contributed by atoms with van der Waals surface area (Å²) in [5.41, 5.74) is 0. The van der Waals surface area contributed by atoms with E-state index in [1.165, 1.54) is 6.08 Å². The average Bonchev–Trinajstić information content (AvgIpc) is 2.01. The number of carbonyl (C=O) groups is 2. The molecular weight excluding hydrogens is 142 g/mol. The molecule has 0 unspecified atom stereocenters. The molecule has 3 nitrogen and oxygen atoms in total. The molecule has 3 heteroatoms. The molecule has 0 atom stereocenters. The van der Waals surface area contributed by atoms with Crippen molar-refractivity contribution in [3.63, 3.8) is 0 Å². The summed E-state index contributed by atoms with van der Waals surface area (Å²) in [5.74, 6) is -0.168. The summed E-state index contributed by atoms with van der Waals surface area (Å²) < 4.78 is 0. The molecule has 0 bridgehead atoms. The third-order valence-corrected chi connectivity index (χ3v) is 1.20. The van der Waals surface area contributed by atoms with Crippen molar-refractivity contribution in [3.05, 3.63) is 12.7 Å². The molecule has 0 aliphatic heterocycles. The summed E-state index contributed by atoms with van der Waals surface area (Å²) in [6.07, 6.45) is 1.76. The van der Waals surface area contributed by atoms with Gasteiger partial charge in [0.2, 0.25) is 5.91 Å². The summed E-state index contributed by atoms with van der Waals surface area (Å²) in [5, 5.41) is 2.60. The quantitative estimate of drug-likeness (QED) is 0.593. The monoisotopic (exact) mass is 155 g/mol. The molecule has 0 aliphatic rings. The van der Waals surface area contributed by atoms with Crippen LogP contribution in [0.2, 0.25) is 0 Å². The molecule has 0 fully saturated rings. The van der Waals surface area contributed by atoms with Gasteiger partial charge >= 0.3 is 0 Å². The fraction of sp³-hybridized carbons (Fsp3) is 0.500. The summed E-state index contributed by atoms with van der Waals surface area (Å²) in [6.45, 7) is 5.76. The lowest BCUT2D eigenvalue weighted by molar-refractivity contribution is -0.123. The van der Waals surface area contributed by atoms with Gasteiger partial charge < -0.3 is 5.32 Å². The van der Waals surface area contributed by atoms with E-state index in [9.17, 15) is 9.59 Å². The van der Waals surface area contributed by atoms with E-state index in [1.54, 1.807) is 0 Å². The van der Waals surface area contributed by atoms with Gasteiger partial charge in [-0.3, -0.25) is 9.59 Å². The average molecular weight is 155 g/mol. The van der Waals surface area contributed by atoms with Gasteiger partial charge in [0, 0.05) is 19.4 Å². The number of amides is 1. The van der Waals surface area contributed by atoms with Gasteiger partial charge in [-0.05, 0) is 13.0 Å². The Morgan fingerprint density at radius 1 is 1.45 bits per heavy atom. The highest BCUT2D eigenvalue weighted by Crippen LogP contribution is 1.90. The molecule has 0 radical (unpaired) electrons. The maximum absolute atomic E-state index is 10.8. The number of nitrogens with one attached hydrogen (secondary N) is 1. The lowest BCUT2D eigenvalue weighted by Crippen LogP contribution is -2.22. The Hall–Kier alpha value is -1.12. The van der Waals surface area contributed by atoms with Crippen molar-refractivity contribution in [2.75, 3.05) is 6.54 Å². The molecule has 0 heterocycles.